The Hall–Kier alpha value is -3.38. The van der Waals surface area contributed by atoms with Gasteiger partial charge in [0.1, 0.15) is 11.4 Å². The fraction of sp³-hybridized carbons (Fsp3) is 0.409. The number of carbonyl (C=O) groups is 1. The minimum atomic E-state index is -3.78. The van der Waals surface area contributed by atoms with Crippen LogP contribution in [0.1, 0.15) is 12.8 Å². The first-order chi connectivity index (χ1) is 16.2. The van der Waals surface area contributed by atoms with E-state index in [1.54, 1.807) is 0 Å². The zero-order valence-corrected chi connectivity index (χ0v) is 19.9. The van der Waals surface area contributed by atoms with Crippen LogP contribution in [0.15, 0.2) is 42.5 Å². The molecule has 0 saturated carbocycles. The molecule has 0 radical (unpaired) electrons. The molecule has 1 saturated heterocycles. The fourth-order valence-corrected chi connectivity index (χ4v) is 4.60. The Morgan fingerprint density at radius 2 is 1.88 bits per heavy atom. The maximum absolute atomic E-state index is 12.4. The van der Waals surface area contributed by atoms with E-state index >= 15 is 0 Å². The Morgan fingerprint density at radius 3 is 2.47 bits per heavy atom. The van der Waals surface area contributed by atoms with Crippen molar-refractivity contribution in [3.63, 3.8) is 0 Å². The van der Waals surface area contributed by atoms with E-state index in [1.807, 2.05) is 24.3 Å². The Labute approximate surface area is 198 Å². The molecule has 0 aliphatic carbocycles. The van der Waals surface area contributed by atoms with Crippen LogP contribution in [0, 0.1) is 10.1 Å². The smallest absolute Gasteiger partial charge is 0.271 e. The first-order valence-electron chi connectivity index (χ1n) is 10.7. The molecule has 1 heterocycles. The number of hydrogen-bond acceptors (Lipinski definition) is 8. The third kappa shape index (κ3) is 6.58. The molecule has 0 atom stereocenters. The molecule has 0 bridgehead atoms. The van der Waals surface area contributed by atoms with Gasteiger partial charge in [0.15, 0.2) is 0 Å². The molecule has 34 heavy (non-hydrogen) atoms. The van der Waals surface area contributed by atoms with Crippen molar-refractivity contribution in [3.8, 4) is 5.75 Å². The number of ether oxygens (including phenoxy) is 2. The number of rotatable bonds is 10. The number of non-ortho nitro benzene ring substituents is 1. The highest BCUT2D eigenvalue weighted by Crippen LogP contribution is 2.34. The number of sulfonamides is 1. The largest absolute Gasteiger partial charge is 0.495 e. The fourth-order valence-electron chi connectivity index (χ4n) is 3.64. The van der Waals surface area contributed by atoms with Gasteiger partial charge in [-0.2, -0.15) is 0 Å². The van der Waals surface area contributed by atoms with Gasteiger partial charge in [-0.1, -0.05) is 0 Å². The van der Waals surface area contributed by atoms with E-state index in [2.05, 4.69) is 10.2 Å². The molecule has 2 aromatic rings. The molecule has 12 heteroatoms. The SMILES string of the molecule is COc1ccc([N+](=O)[O-])cc1N(CCCC(=O)Nc1ccc(N2CCOCC2)cc1)S(C)(=O)=O. The van der Waals surface area contributed by atoms with Gasteiger partial charge in [0, 0.05) is 49.6 Å². The van der Waals surface area contributed by atoms with Gasteiger partial charge < -0.3 is 19.7 Å². The number of benzene rings is 2. The van der Waals surface area contributed by atoms with Crippen LogP contribution in [-0.4, -0.2) is 65.5 Å². The highest BCUT2D eigenvalue weighted by molar-refractivity contribution is 7.92. The normalized spacial score (nSPS) is 13.9. The standard InChI is InChI=1S/C22H28N4O7S/c1-32-21-10-9-19(26(28)29)16-20(21)25(34(2,30)31)11-3-4-22(27)23-17-5-7-18(8-6-17)24-12-14-33-15-13-24/h5-10,16H,3-4,11-15H2,1-2H3,(H,23,27). The summed E-state index contributed by atoms with van der Waals surface area (Å²) in [5.74, 6) is -0.0839. The van der Waals surface area contributed by atoms with Gasteiger partial charge in [-0.05, 0) is 36.8 Å². The van der Waals surface area contributed by atoms with Crippen molar-refractivity contribution in [1.82, 2.24) is 0 Å². The van der Waals surface area contributed by atoms with Gasteiger partial charge >= 0.3 is 0 Å². The van der Waals surface area contributed by atoms with E-state index in [1.165, 1.54) is 19.2 Å². The Balaban J connectivity index is 1.61. The number of hydrogen-bond donors (Lipinski definition) is 1. The van der Waals surface area contributed by atoms with Crippen LogP contribution in [-0.2, 0) is 19.6 Å². The highest BCUT2D eigenvalue weighted by Gasteiger charge is 2.24. The number of amides is 1. The summed E-state index contributed by atoms with van der Waals surface area (Å²) >= 11 is 0. The highest BCUT2D eigenvalue weighted by atomic mass is 32.2. The molecular formula is C22H28N4O7S. The molecule has 1 N–H and O–H groups in total. The molecule has 0 spiro atoms. The molecule has 184 valence electrons. The molecular weight excluding hydrogens is 464 g/mol. The number of nitrogens with zero attached hydrogens (tertiary/aromatic N) is 3. The lowest BCUT2D eigenvalue weighted by molar-refractivity contribution is -0.384. The number of nitro groups is 1. The zero-order chi connectivity index (χ0) is 24.7. The number of morpholine rings is 1. The summed E-state index contributed by atoms with van der Waals surface area (Å²) in [5.41, 5.74) is 1.49. The summed E-state index contributed by atoms with van der Waals surface area (Å²) in [4.78, 5) is 25.2. The first kappa shape index (κ1) is 25.2. The molecule has 1 aliphatic heterocycles. The van der Waals surface area contributed by atoms with Crippen LogP contribution >= 0.6 is 0 Å². The monoisotopic (exact) mass is 492 g/mol. The third-order valence-corrected chi connectivity index (χ3v) is 6.51. The molecule has 0 aromatic heterocycles. The molecule has 1 amide bonds. The second-order valence-corrected chi connectivity index (χ2v) is 9.65. The lowest BCUT2D eigenvalue weighted by Gasteiger charge is -2.28. The lowest BCUT2D eigenvalue weighted by atomic mass is 10.2. The summed E-state index contributed by atoms with van der Waals surface area (Å²) in [6.07, 6.45) is 1.27. The van der Waals surface area contributed by atoms with Gasteiger partial charge in [-0.3, -0.25) is 19.2 Å². The van der Waals surface area contributed by atoms with Crippen LogP contribution in [0.3, 0.4) is 0 Å². The van der Waals surface area contributed by atoms with Gasteiger partial charge in [-0.25, -0.2) is 8.42 Å². The summed E-state index contributed by atoms with van der Waals surface area (Å²) in [6, 6.07) is 11.2. The van der Waals surface area contributed by atoms with E-state index in [4.69, 9.17) is 9.47 Å². The van der Waals surface area contributed by atoms with Crippen molar-refractivity contribution >= 4 is 38.7 Å². The Bertz CT molecular complexity index is 1120. The van der Waals surface area contributed by atoms with Crippen molar-refractivity contribution in [3.05, 3.63) is 52.6 Å². The van der Waals surface area contributed by atoms with E-state index < -0.39 is 14.9 Å². The minimum Gasteiger partial charge on any atom is -0.495 e. The number of nitro benzene ring substituents is 1. The Kier molecular flexibility index (Phi) is 8.29. The third-order valence-electron chi connectivity index (χ3n) is 5.33. The average molecular weight is 493 g/mol. The summed E-state index contributed by atoms with van der Waals surface area (Å²) < 4.78 is 36.4. The van der Waals surface area contributed by atoms with Crippen molar-refractivity contribution in [2.24, 2.45) is 0 Å². The second-order valence-electron chi connectivity index (χ2n) is 7.75. The predicted octanol–water partition coefficient (Wildman–Crippen LogP) is 2.62. The van der Waals surface area contributed by atoms with Gasteiger partial charge in [0.2, 0.25) is 15.9 Å². The maximum atomic E-state index is 12.4. The average Bonchev–Trinajstić information content (AvgIpc) is 2.81. The molecule has 0 unspecified atom stereocenters. The summed E-state index contributed by atoms with van der Waals surface area (Å²) in [6.45, 7) is 2.96. The van der Waals surface area contributed by atoms with Gasteiger partial charge in [-0.15, -0.1) is 0 Å². The molecule has 1 aliphatic rings. The molecule has 2 aromatic carbocycles. The maximum Gasteiger partial charge on any atom is 0.271 e. The van der Waals surface area contributed by atoms with Crippen molar-refractivity contribution in [2.45, 2.75) is 12.8 Å². The number of methoxy groups -OCH3 is 1. The number of carbonyl (C=O) groups excluding carboxylic acids is 1. The number of anilines is 3. The van der Waals surface area contributed by atoms with Crippen LogP contribution < -0.4 is 19.3 Å². The van der Waals surface area contributed by atoms with E-state index in [-0.39, 0.29) is 42.4 Å². The Morgan fingerprint density at radius 1 is 1.21 bits per heavy atom. The van der Waals surface area contributed by atoms with Crippen LogP contribution in [0.4, 0.5) is 22.7 Å². The summed E-state index contributed by atoms with van der Waals surface area (Å²) in [7, 11) is -2.43. The molecule has 1 fully saturated rings. The molecule has 11 nitrogen and oxygen atoms in total. The van der Waals surface area contributed by atoms with Crippen LogP contribution in [0.2, 0.25) is 0 Å². The predicted molar refractivity (Wildman–Crippen MR) is 129 cm³/mol. The van der Waals surface area contributed by atoms with Crippen molar-refractivity contribution in [2.75, 3.05) is 60.7 Å². The second kappa shape index (κ2) is 11.2. The lowest BCUT2D eigenvalue weighted by Crippen LogP contribution is -2.36. The first-order valence-corrected chi connectivity index (χ1v) is 12.6. The van der Waals surface area contributed by atoms with Crippen molar-refractivity contribution < 1.29 is 27.6 Å². The van der Waals surface area contributed by atoms with Crippen molar-refractivity contribution in [1.29, 1.82) is 0 Å². The molecule has 3 rings (SSSR count). The topological polar surface area (TPSA) is 131 Å². The quantitative estimate of drug-likeness (QED) is 0.396. The van der Waals surface area contributed by atoms with Gasteiger partial charge in [0.25, 0.3) is 5.69 Å². The van der Waals surface area contributed by atoms with E-state index in [0.29, 0.717) is 18.9 Å². The van der Waals surface area contributed by atoms with E-state index in [0.717, 1.165) is 35.4 Å². The zero-order valence-electron chi connectivity index (χ0n) is 19.1. The van der Waals surface area contributed by atoms with Crippen LogP contribution in [0.5, 0.6) is 5.75 Å². The minimum absolute atomic E-state index is 0.0419. The van der Waals surface area contributed by atoms with E-state index in [9.17, 15) is 23.3 Å². The summed E-state index contributed by atoms with van der Waals surface area (Å²) in [5, 5.41) is 14.0. The van der Waals surface area contributed by atoms with Crippen LogP contribution in [0.25, 0.3) is 0 Å². The van der Waals surface area contributed by atoms with Gasteiger partial charge in [0.05, 0.1) is 31.5 Å². The number of nitrogens with one attached hydrogen (secondary N) is 1.